The van der Waals surface area contributed by atoms with E-state index in [1.54, 1.807) is 31.2 Å². The van der Waals surface area contributed by atoms with Gasteiger partial charge in [-0.25, -0.2) is 0 Å². The molecule has 0 aliphatic rings. The Morgan fingerprint density at radius 1 is 1.33 bits per heavy atom. The molecule has 0 saturated heterocycles. The van der Waals surface area contributed by atoms with Gasteiger partial charge >= 0.3 is 0 Å². The molecule has 0 fully saturated rings. The molecule has 0 unspecified atom stereocenters. The van der Waals surface area contributed by atoms with Gasteiger partial charge in [-0.15, -0.1) is 0 Å². The lowest BCUT2D eigenvalue weighted by atomic mass is 10.2. The highest BCUT2D eigenvalue weighted by Crippen LogP contribution is 2.20. The van der Waals surface area contributed by atoms with Crippen molar-refractivity contribution in [1.29, 1.82) is 0 Å². The Morgan fingerprint density at radius 2 is 2.11 bits per heavy atom. The zero-order valence-corrected chi connectivity index (χ0v) is 11.2. The van der Waals surface area contributed by atoms with Crippen LogP contribution in [0.3, 0.4) is 0 Å². The fourth-order valence-corrected chi connectivity index (χ4v) is 2.03. The number of furan rings is 1. The lowest BCUT2D eigenvalue weighted by molar-refractivity contribution is 0.0949. The number of hydrogen-bond donors (Lipinski definition) is 1. The van der Waals surface area contributed by atoms with Crippen molar-refractivity contribution in [1.82, 2.24) is 5.32 Å². The van der Waals surface area contributed by atoms with E-state index < -0.39 is 0 Å². The number of rotatable bonds is 3. The van der Waals surface area contributed by atoms with Crippen molar-refractivity contribution in [2.45, 2.75) is 13.5 Å². The van der Waals surface area contributed by atoms with Gasteiger partial charge in [0.2, 0.25) is 0 Å². The largest absolute Gasteiger partial charge is 0.469 e. The Kier molecular flexibility index (Phi) is 3.94. The standard InChI is InChI=1S/C13H11Cl2NO2/c1-8-11(4-5-18-8)13(17)16-7-9-2-3-10(14)6-12(9)15/h2-6H,7H2,1H3,(H,16,17). The second-order valence-electron chi connectivity index (χ2n) is 3.81. The van der Waals surface area contributed by atoms with E-state index in [1.165, 1.54) is 6.26 Å². The summed E-state index contributed by atoms with van der Waals surface area (Å²) in [6.45, 7) is 2.09. The average Bonchev–Trinajstić information content (AvgIpc) is 2.74. The lowest BCUT2D eigenvalue weighted by Gasteiger charge is -2.06. The van der Waals surface area contributed by atoms with Crippen LogP contribution in [-0.4, -0.2) is 5.91 Å². The first kappa shape index (κ1) is 13.0. The highest BCUT2D eigenvalue weighted by atomic mass is 35.5. The highest BCUT2D eigenvalue weighted by Gasteiger charge is 2.11. The van der Waals surface area contributed by atoms with Crippen LogP contribution < -0.4 is 5.32 Å². The van der Waals surface area contributed by atoms with Crippen LogP contribution in [0.15, 0.2) is 34.9 Å². The number of halogens is 2. The van der Waals surface area contributed by atoms with E-state index in [1.807, 2.05) is 0 Å². The molecule has 1 amide bonds. The predicted octanol–water partition coefficient (Wildman–Crippen LogP) is 3.82. The fourth-order valence-electron chi connectivity index (χ4n) is 1.56. The first-order valence-corrected chi connectivity index (χ1v) is 6.09. The minimum atomic E-state index is -0.188. The molecule has 0 radical (unpaired) electrons. The predicted molar refractivity (Wildman–Crippen MR) is 71.1 cm³/mol. The number of hydrogen-bond acceptors (Lipinski definition) is 2. The molecule has 0 spiro atoms. The number of nitrogens with one attached hydrogen (secondary N) is 1. The maximum Gasteiger partial charge on any atom is 0.255 e. The van der Waals surface area contributed by atoms with Gasteiger partial charge in [0.15, 0.2) is 0 Å². The summed E-state index contributed by atoms with van der Waals surface area (Å²) in [6.07, 6.45) is 1.49. The number of carbonyl (C=O) groups is 1. The van der Waals surface area contributed by atoms with Gasteiger partial charge in [-0.3, -0.25) is 4.79 Å². The minimum Gasteiger partial charge on any atom is -0.469 e. The summed E-state index contributed by atoms with van der Waals surface area (Å²) in [5.41, 5.74) is 1.34. The Morgan fingerprint density at radius 3 is 2.72 bits per heavy atom. The summed E-state index contributed by atoms with van der Waals surface area (Å²) in [6, 6.07) is 6.80. The molecule has 2 rings (SSSR count). The van der Waals surface area contributed by atoms with E-state index in [2.05, 4.69) is 5.32 Å². The van der Waals surface area contributed by atoms with Gasteiger partial charge in [0, 0.05) is 16.6 Å². The minimum absolute atomic E-state index is 0.188. The molecule has 0 aliphatic heterocycles. The Labute approximate surface area is 115 Å². The topological polar surface area (TPSA) is 42.2 Å². The maximum atomic E-state index is 11.8. The normalized spacial score (nSPS) is 10.4. The lowest BCUT2D eigenvalue weighted by Crippen LogP contribution is -2.23. The van der Waals surface area contributed by atoms with Crippen molar-refractivity contribution in [3.05, 3.63) is 57.5 Å². The quantitative estimate of drug-likeness (QED) is 0.930. The molecule has 0 saturated carbocycles. The van der Waals surface area contributed by atoms with Crippen LogP contribution in [0.2, 0.25) is 10.0 Å². The molecule has 1 aromatic heterocycles. The van der Waals surface area contributed by atoms with Gasteiger partial charge < -0.3 is 9.73 Å². The van der Waals surface area contributed by atoms with E-state index in [0.717, 1.165) is 5.56 Å². The zero-order valence-electron chi connectivity index (χ0n) is 9.67. The molecule has 18 heavy (non-hydrogen) atoms. The monoisotopic (exact) mass is 283 g/mol. The van der Waals surface area contributed by atoms with Crippen molar-refractivity contribution in [2.24, 2.45) is 0 Å². The van der Waals surface area contributed by atoms with E-state index in [0.29, 0.717) is 27.9 Å². The molecule has 1 aromatic carbocycles. The van der Waals surface area contributed by atoms with E-state index in [4.69, 9.17) is 27.6 Å². The van der Waals surface area contributed by atoms with Crippen LogP contribution in [0.5, 0.6) is 0 Å². The van der Waals surface area contributed by atoms with Gasteiger partial charge in [0.1, 0.15) is 5.76 Å². The van der Waals surface area contributed by atoms with Crippen LogP contribution in [0.4, 0.5) is 0 Å². The van der Waals surface area contributed by atoms with E-state index >= 15 is 0 Å². The van der Waals surface area contributed by atoms with Crippen LogP contribution in [0, 0.1) is 6.92 Å². The highest BCUT2D eigenvalue weighted by molar-refractivity contribution is 6.35. The summed E-state index contributed by atoms with van der Waals surface area (Å²) in [7, 11) is 0. The Hall–Kier alpha value is -1.45. The first-order chi connectivity index (χ1) is 8.58. The third-order valence-electron chi connectivity index (χ3n) is 2.56. The molecule has 0 bridgehead atoms. The molecule has 0 aliphatic carbocycles. The van der Waals surface area contributed by atoms with E-state index in [9.17, 15) is 4.79 Å². The van der Waals surface area contributed by atoms with Crippen molar-refractivity contribution >= 4 is 29.1 Å². The third kappa shape index (κ3) is 2.86. The third-order valence-corrected chi connectivity index (χ3v) is 3.14. The molecule has 1 N–H and O–H groups in total. The summed E-state index contributed by atoms with van der Waals surface area (Å²) >= 11 is 11.8. The molecule has 3 nitrogen and oxygen atoms in total. The molecule has 5 heteroatoms. The second kappa shape index (κ2) is 5.46. The summed E-state index contributed by atoms with van der Waals surface area (Å²) in [4.78, 5) is 11.8. The Balaban J connectivity index is 2.04. The molecule has 2 aromatic rings. The smallest absolute Gasteiger partial charge is 0.255 e. The summed E-state index contributed by atoms with van der Waals surface area (Å²) < 4.78 is 5.07. The fraction of sp³-hybridized carbons (Fsp3) is 0.154. The van der Waals surface area contributed by atoms with Gasteiger partial charge in [-0.2, -0.15) is 0 Å². The van der Waals surface area contributed by atoms with Gasteiger partial charge in [0.05, 0.1) is 11.8 Å². The number of benzene rings is 1. The van der Waals surface area contributed by atoms with Crippen molar-refractivity contribution in [3.63, 3.8) is 0 Å². The van der Waals surface area contributed by atoms with Gasteiger partial charge in [0.25, 0.3) is 5.91 Å². The molecular formula is C13H11Cl2NO2. The molecular weight excluding hydrogens is 273 g/mol. The summed E-state index contributed by atoms with van der Waals surface area (Å²) in [5.74, 6) is 0.405. The van der Waals surface area contributed by atoms with Crippen molar-refractivity contribution < 1.29 is 9.21 Å². The summed E-state index contributed by atoms with van der Waals surface area (Å²) in [5, 5.41) is 3.88. The molecule has 94 valence electrons. The van der Waals surface area contributed by atoms with E-state index in [-0.39, 0.29) is 5.91 Å². The molecule has 1 heterocycles. The number of aryl methyl sites for hydroxylation is 1. The maximum absolute atomic E-state index is 11.8. The van der Waals surface area contributed by atoms with Crippen LogP contribution in [-0.2, 0) is 6.54 Å². The SMILES string of the molecule is Cc1occc1C(=O)NCc1ccc(Cl)cc1Cl. The zero-order chi connectivity index (χ0) is 13.1. The second-order valence-corrected chi connectivity index (χ2v) is 4.65. The number of carbonyl (C=O) groups excluding carboxylic acids is 1. The van der Waals surface area contributed by atoms with Gasteiger partial charge in [-0.05, 0) is 30.7 Å². The van der Waals surface area contributed by atoms with Gasteiger partial charge in [-0.1, -0.05) is 29.3 Å². The molecule has 0 atom stereocenters. The van der Waals surface area contributed by atoms with Crippen molar-refractivity contribution in [2.75, 3.05) is 0 Å². The number of amides is 1. The van der Waals surface area contributed by atoms with Crippen molar-refractivity contribution in [3.8, 4) is 0 Å². The van der Waals surface area contributed by atoms with Crippen LogP contribution in [0.1, 0.15) is 21.7 Å². The first-order valence-electron chi connectivity index (χ1n) is 5.34. The van der Waals surface area contributed by atoms with Crippen LogP contribution >= 0.6 is 23.2 Å². The van der Waals surface area contributed by atoms with Crippen LogP contribution in [0.25, 0.3) is 0 Å². The Bertz CT molecular complexity index is 578. The average molecular weight is 284 g/mol.